The SMILES string of the molecule is CCO[Si]1(OCC)CCCOCC(CN(c2ccccc2)c2ccccc2)O1. The molecule has 6 heteroatoms. The van der Waals surface area contributed by atoms with E-state index in [0.717, 1.165) is 23.8 Å². The van der Waals surface area contributed by atoms with Crippen molar-refractivity contribution in [2.45, 2.75) is 32.4 Å². The summed E-state index contributed by atoms with van der Waals surface area (Å²) in [5, 5.41) is 0. The molecule has 1 heterocycles. The molecule has 0 bridgehead atoms. The van der Waals surface area contributed by atoms with Crippen molar-refractivity contribution in [3.8, 4) is 0 Å². The Labute approximate surface area is 169 Å². The van der Waals surface area contributed by atoms with Crippen molar-refractivity contribution < 1.29 is 18.0 Å². The van der Waals surface area contributed by atoms with E-state index in [1.807, 2.05) is 26.0 Å². The van der Waals surface area contributed by atoms with Gasteiger partial charge in [0.1, 0.15) is 0 Å². The third kappa shape index (κ3) is 5.65. The van der Waals surface area contributed by atoms with Crippen LogP contribution in [0.15, 0.2) is 60.7 Å². The summed E-state index contributed by atoms with van der Waals surface area (Å²) in [5.41, 5.74) is 2.25. The predicted octanol–water partition coefficient (Wildman–Crippen LogP) is 4.64. The number of benzene rings is 2. The number of para-hydroxylation sites is 2. The molecule has 1 unspecified atom stereocenters. The first-order valence-electron chi connectivity index (χ1n) is 10.2. The van der Waals surface area contributed by atoms with Gasteiger partial charge in [0, 0.05) is 37.2 Å². The van der Waals surface area contributed by atoms with Crippen LogP contribution >= 0.6 is 0 Å². The average molecular weight is 402 g/mol. The molecule has 5 nitrogen and oxygen atoms in total. The van der Waals surface area contributed by atoms with Gasteiger partial charge in [-0.15, -0.1) is 0 Å². The molecule has 0 N–H and O–H groups in total. The molecule has 0 amide bonds. The van der Waals surface area contributed by atoms with E-state index in [1.54, 1.807) is 0 Å². The molecule has 0 aromatic heterocycles. The fourth-order valence-corrected chi connectivity index (χ4v) is 6.25. The highest BCUT2D eigenvalue weighted by Crippen LogP contribution is 2.28. The molecule has 1 fully saturated rings. The van der Waals surface area contributed by atoms with Gasteiger partial charge in [-0.1, -0.05) is 36.4 Å². The zero-order valence-corrected chi connectivity index (χ0v) is 17.9. The lowest BCUT2D eigenvalue weighted by atomic mass is 10.2. The molecule has 0 saturated carbocycles. The lowest BCUT2D eigenvalue weighted by molar-refractivity contribution is -0.0212. The Balaban J connectivity index is 1.85. The minimum atomic E-state index is -2.70. The fourth-order valence-electron chi connectivity index (χ4n) is 3.52. The van der Waals surface area contributed by atoms with Gasteiger partial charge in [0.15, 0.2) is 0 Å². The normalized spacial score (nSPS) is 19.6. The monoisotopic (exact) mass is 401 g/mol. The van der Waals surface area contributed by atoms with Crippen molar-refractivity contribution in [3.63, 3.8) is 0 Å². The molecule has 1 aliphatic heterocycles. The van der Waals surface area contributed by atoms with E-state index in [2.05, 4.69) is 53.4 Å². The van der Waals surface area contributed by atoms with Gasteiger partial charge in [0.2, 0.25) is 0 Å². The van der Waals surface area contributed by atoms with Crippen LogP contribution in [-0.4, -0.2) is 47.9 Å². The Kier molecular flexibility index (Phi) is 8.06. The summed E-state index contributed by atoms with van der Waals surface area (Å²) < 4.78 is 24.6. The molecular formula is C22H31NO4Si. The van der Waals surface area contributed by atoms with Gasteiger partial charge in [0.25, 0.3) is 0 Å². The highest BCUT2D eigenvalue weighted by molar-refractivity contribution is 6.60. The van der Waals surface area contributed by atoms with E-state index in [9.17, 15) is 0 Å². The highest BCUT2D eigenvalue weighted by atomic mass is 28.4. The lowest BCUT2D eigenvalue weighted by Gasteiger charge is -2.37. The van der Waals surface area contributed by atoms with Gasteiger partial charge in [-0.05, 0) is 44.5 Å². The summed E-state index contributed by atoms with van der Waals surface area (Å²) in [4.78, 5) is 2.27. The van der Waals surface area contributed by atoms with Crippen LogP contribution in [0.5, 0.6) is 0 Å². The Morgan fingerprint density at radius 3 is 2.04 bits per heavy atom. The predicted molar refractivity (Wildman–Crippen MR) is 114 cm³/mol. The quantitative estimate of drug-likeness (QED) is 0.603. The van der Waals surface area contributed by atoms with Crippen LogP contribution in [0, 0.1) is 0 Å². The first-order valence-corrected chi connectivity index (χ1v) is 12.1. The van der Waals surface area contributed by atoms with E-state index in [-0.39, 0.29) is 6.10 Å². The van der Waals surface area contributed by atoms with Gasteiger partial charge in [-0.3, -0.25) is 0 Å². The zero-order chi connectivity index (χ0) is 19.7. The van der Waals surface area contributed by atoms with Crippen molar-refractivity contribution >= 4 is 20.2 Å². The Morgan fingerprint density at radius 1 is 0.929 bits per heavy atom. The van der Waals surface area contributed by atoms with Gasteiger partial charge < -0.3 is 22.9 Å². The molecule has 152 valence electrons. The van der Waals surface area contributed by atoms with E-state index in [0.29, 0.717) is 33.0 Å². The molecule has 1 atom stereocenters. The van der Waals surface area contributed by atoms with Crippen molar-refractivity contribution in [3.05, 3.63) is 60.7 Å². The zero-order valence-electron chi connectivity index (χ0n) is 16.9. The summed E-state index contributed by atoms with van der Waals surface area (Å²) in [7, 11) is -2.70. The van der Waals surface area contributed by atoms with Crippen LogP contribution in [0.2, 0.25) is 6.04 Å². The Bertz CT molecular complexity index is 640. The molecule has 0 aliphatic carbocycles. The molecule has 1 aliphatic rings. The minimum Gasteiger partial charge on any atom is -0.379 e. The summed E-state index contributed by atoms with van der Waals surface area (Å²) in [6.45, 7) is 7.12. The molecule has 3 rings (SSSR count). The third-order valence-electron chi connectivity index (χ3n) is 4.67. The summed E-state index contributed by atoms with van der Waals surface area (Å²) in [5.74, 6) is 0. The van der Waals surface area contributed by atoms with Crippen LogP contribution in [0.25, 0.3) is 0 Å². The fraction of sp³-hybridized carbons (Fsp3) is 0.455. The van der Waals surface area contributed by atoms with Crippen molar-refractivity contribution in [2.24, 2.45) is 0 Å². The minimum absolute atomic E-state index is 0.134. The number of rotatable bonds is 8. The van der Waals surface area contributed by atoms with E-state index in [1.165, 1.54) is 0 Å². The molecule has 28 heavy (non-hydrogen) atoms. The third-order valence-corrected chi connectivity index (χ3v) is 7.79. The van der Waals surface area contributed by atoms with Crippen LogP contribution < -0.4 is 4.90 Å². The summed E-state index contributed by atoms with van der Waals surface area (Å²) in [6.07, 6.45) is 0.769. The molecule has 2 aromatic rings. The summed E-state index contributed by atoms with van der Waals surface area (Å²) >= 11 is 0. The molecule has 2 aromatic carbocycles. The van der Waals surface area contributed by atoms with Crippen LogP contribution in [0.4, 0.5) is 11.4 Å². The average Bonchev–Trinajstić information content (AvgIpc) is 2.71. The van der Waals surface area contributed by atoms with Crippen LogP contribution in [0.1, 0.15) is 20.3 Å². The standard InChI is InChI=1S/C22H31NO4Si/c1-3-25-28(26-4-2)17-11-16-24-19-22(27-28)18-23(20-12-7-5-8-13-20)21-14-9-6-10-15-21/h5-10,12-15,22H,3-4,11,16-19H2,1-2H3. The van der Waals surface area contributed by atoms with Crippen molar-refractivity contribution in [1.82, 2.24) is 0 Å². The van der Waals surface area contributed by atoms with Crippen LogP contribution in [0.3, 0.4) is 0 Å². The topological polar surface area (TPSA) is 40.2 Å². The molecule has 0 radical (unpaired) electrons. The Morgan fingerprint density at radius 2 is 1.50 bits per heavy atom. The van der Waals surface area contributed by atoms with Gasteiger partial charge >= 0.3 is 8.80 Å². The first kappa shape index (κ1) is 21.0. The maximum absolute atomic E-state index is 6.56. The molecular weight excluding hydrogens is 370 g/mol. The van der Waals surface area contributed by atoms with E-state index >= 15 is 0 Å². The van der Waals surface area contributed by atoms with Gasteiger partial charge in [-0.2, -0.15) is 0 Å². The molecule has 0 spiro atoms. The largest absolute Gasteiger partial charge is 0.501 e. The Hall–Kier alpha value is -1.70. The van der Waals surface area contributed by atoms with Gasteiger partial charge in [-0.25, -0.2) is 0 Å². The lowest BCUT2D eigenvalue weighted by Crippen LogP contribution is -2.52. The van der Waals surface area contributed by atoms with E-state index in [4.69, 9.17) is 18.0 Å². The second kappa shape index (κ2) is 10.7. The number of hydrogen-bond acceptors (Lipinski definition) is 5. The highest BCUT2D eigenvalue weighted by Gasteiger charge is 2.43. The van der Waals surface area contributed by atoms with Gasteiger partial charge in [0.05, 0.1) is 19.3 Å². The number of nitrogens with zero attached hydrogens (tertiary/aromatic N) is 1. The second-order valence-corrected chi connectivity index (χ2v) is 9.43. The van der Waals surface area contributed by atoms with Crippen molar-refractivity contribution in [1.29, 1.82) is 0 Å². The summed E-state index contributed by atoms with van der Waals surface area (Å²) in [6, 6.07) is 21.6. The molecule has 1 saturated heterocycles. The van der Waals surface area contributed by atoms with Crippen molar-refractivity contribution in [2.75, 3.05) is 37.9 Å². The van der Waals surface area contributed by atoms with Crippen LogP contribution in [-0.2, 0) is 18.0 Å². The maximum atomic E-state index is 6.56. The van der Waals surface area contributed by atoms with E-state index < -0.39 is 8.80 Å². The number of hydrogen-bond donors (Lipinski definition) is 0. The number of ether oxygens (including phenoxy) is 1. The maximum Gasteiger partial charge on any atom is 0.501 e. The second-order valence-electron chi connectivity index (χ2n) is 6.75. The number of anilines is 2. The first-order chi connectivity index (χ1) is 13.8. The smallest absolute Gasteiger partial charge is 0.379 e.